The summed E-state index contributed by atoms with van der Waals surface area (Å²) < 4.78 is 13.3. The molecule has 1 aromatic heterocycles. The van der Waals surface area contributed by atoms with Crippen molar-refractivity contribution in [3.63, 3.8) is 0 Å². The summed E-state index contributed by atoms with van der Waals surface area (Å²) in [6.07, 6.45) is 7.00. The van der Waals surface area contributed by atoms with Crippen LogP contribution in [0.25, 0.3) is 10.9 Å². The van der Waals surface area contributed by atoms with E-state index in [1.54, 1.807) is 6.07 Å². The van der Waals surface area contributed by atoms with Gasteiger partial charge in [0.15, 0.2) is 0 Å². The average molecular weight is 288 g/mol. The van der Waals surface area contributed by atoms with E-state index in [2.05, 4.69) is 10.3 Å². The van der Waals surface area contributed by atoms with Crippen molar-refractivity contribution >= 4 is 16.8 Å². The van der Waals surface area contributed by atoms with E-state index >= 15 is 0 Å². The highest BCUT2D eigenvalue weighted by molar-refractivity contribution is 6.01. The van der Waals surface area contributed by atoms with E-state index < -0.39 is 0 Å². The van der Waals surface area contributed by atoms with Crippen molar-refractivity contribution in [2.45, 2.75) is 51.5 Å². The Morgan fingerprint density at radius 2 is 1.95 bits per heavy atom. The van der Waals surface area contributed by atoms with Crippen molar-refractivity contribution in [2.75, 3.05) is 0 Å². The molecule has 0 atom stereocenters. The highest BCUT2D eigenvalue weighted by atomic mass is 19.1. The maximum absolute atomic E-state index is 13.3. The zero-order valence-corrected chi connectivity index (χ0v) is 12.3. The van der Waals surface area contributed by atoms with Crippen LogP contribution in [0.3, 0.4) is 0 Å². The number of aryl methyl sites for hydroxylation is 1. The maximum Gasteiger partial charge on any atom is 0.268 e. The summed E-state index contributed by atoms with van der Waals surface area (Å²) in [6, 6.07) is 4.85. The van der Waals surface area contributed by atoms with Gasteiger partial charge in [-0.3, -0.25) is 4.79 Å². The molecule has 0 aliphatic heterocycles. The lowest BCUT2D eigenvalue weighted by Gasteiger charge is -2.15. The van der Waals surface area contributed by atoms with E-state index in [1.807, 2.05) is 6.92 Å². The van der Waals surface area contributed by atoms with Gasteiger partial charge in [0.1, 0.15) is 11.5 Å². The summed E-state index contributed by atoms with van der Waals surface area (Å²) in [6.45, 7) is 1.90. The number of amides is 1. The van der Waals surface area contributed by atoms with E-state index in [9.17, 15) is 9.18 Å². The Hall–Kier alpha value is -1.84. The van der Waals surface area contributed by atoms with E-state index in [0.29, 0.717) is 11.2 Å². The Morgan fingerprint density at radius 3 is 2.67 bits per heavy atom. The second-order valence-corrected chi connectivity index (χ2v) is 5.98. The summed E-state index contributed by atoms with van der Waals surface area (Å²) in [5, 5.41) is 4.03. The third-order valence-corrected chi connectivity index (χ3v) is 4.44. The number of benzene rings is 1. The number of hydrogen-bond donors (Lipinski definition) is 2. The first kappa shape index (κ1) is 14.1. The molecule has 1 aromatic carbocycles. The van der Waals surface area contributed by atoms with Gasteiger partial charge in [-0.25, -0.2) is 4.39 Å². The molecular weight excluding hydrogens is 267 g/mol. The number of nitrogens with one attached hydrogen (secondary N) is 2. The number of aromatic nitrogens is 1. The molecule has 1 saturated carbocycles. The zero-order valence-electron chi connectivity index (χ0n) is 12.3. The molecule has 1 fully saturated rings. The van der Waals surface area contributed by atoms with E-state index in [4.69, 9.17) is 0 Å². The van der Waals surface area contributed by atoms with Crippen LogP contribution in [0.15, 0.2) is 18.2 Å². The first-order chi connectivity index (χ1) is 10.1. The van der Waals surface area contributed by atoms with Crippen molar-refractivity contribution in [3.8, 4) is 0 Å². The zero-order chi connectivity index (χ0) is 14.8. The van der Waals surface area contributed by atoms with Crippen LogP contribution in [0.5, 0.6) is 0 Å². The SMILES string of the molecule is Cc1c(C(=O)NC2CCCCCC2)[nH]c2cc(F)ccc12. The Morgan fingerprint density at radius 1 is 1.24 bits per heavy atom. The third-order valence-electron chi connectivity index (χ3n) is 4.44. The van der Waals surface area contributed by atoms with Gasteiger partial charge in [0.05, 0.1) is 0 Å². The summed E-state index contributed by atoms with van der Waals surface area (Å²) in [5.74, 6) is -0.365. The lowest BCUT2D eigenvalue weighted by Crippen LogP contribution is -2.34. The first-order valence-electron chi connectivity index (χ1n) is 7.74. The van der Waals surface area contributed by atoms with E-state index in [0.717, 1.165) is 23.8 Å². The second kappa shape index (κ2) is 5.88. The molecule has 1 heterocycles. The van der Waals surface area contributed by atoms with Crippen LogP contribution in [0.2, 0.25) is 0 Å². The Kier molecular flexibility index (Phi) is 3.95. The fraction of sp³-hybridized carbons (Fsp3) is 0.471. The minimum atomic E-state index is -0.292. The molecule has 1 aliphatic rings. The monoisotopic (exact) mass is 288 g/mol. The number of H-pyrrole nitrogens is 1. The molecule has 112 valence electrons. The van der Waals surface area contributed by atoms with Gasteiger partial charge in [-0.2, -0.15) is 0 Å². The van der Waals surface area contributed by atoms with Crippen LogP contribution in [-0.4, -0.2) is 16.9 Å². The van der Waals surface area contributed by atoms with Crippen LogP contribution >= 0.6 is 0 Å². The van der Waals surface area contributed by atoms with Gasteiger partial charge in [0.2, 0.25) is 0 Å². The van der Waals surface area contributed by atoms with Crippen molar-refractivity contribution in [3.05, 3.63) is 35.3 Å². The minimum absolute atomic E-state index is 0.0731. The Bertz CT molecular complexity index is 654. The van der Waals surface area contributed by atoms with Crippen LogP contribution in [-0.2, 0) is 0 Å². The number of aromatic amines is 1. The van der Waals surface area contributed by atoms with Crippen molar-refractivity contribution in [1.82, 2.24) is 10.3 Å². The predicted molar refractivity (Wildman–Crippen MR) is 81.9 cm³/mol. The molecule has 0 radical (unpaired) electrons. The number of carbonyl (C=O) groups is 1. The van der Waals surface area contributed by atoms with Gasteiger partial charge < -0.3 is 10.3 Å². The summed E-state index contributed by atoms with van der Waals surface area (Å²) in [4.78, 5) is 15.5. The largest absolute Gasteiger partial charge is 0.350 e. The van der Waals surface area contributed by atoms with Gasteiger partial charge in [0, 0.05) is 16.9 Å². The highest BCUT2D eigenvalue weighted by Gasteiger charge is 2.19. The molecule has 3 nitrogen and oxygen atoms in total. The van der Waals surface area contributed by atoms with Crippen LogP contribution in [0, 0.1) is 12.7 Å². The molecule has 0 spiro atoms. The number of fused-ring (bicyclic) bond motifs is 1. The molecular formula is C17H21FN2O. The van der Waals surface area contributed by atoms with Gasteiger partial charge >= 0.3 is 0 Å². The molecule has 4 heteroatoms. The Labute approximate surface area is 123 Å². The molecule has 0 saturated heterocycles. The molecule has 21 heavy (non-hydrogen) atoms. The average Bonchev–Trinajstić information content (AvgIpc) is 2.64. The number of rotatable bonds is 2. The standard InChI is InChI=1S/C17H21FN2O/c1-11-14-9-8-12(18)10-15(14)20-16(11)17(21)19-13-6-4-2-3-5-7-13/h8-10,13,20H,2-7H2,1H3,(H,19,21). The highest BCUT2D eigenvalue weighted by Crippen LogP contribution is 2.23. The molecule has 2 N–H and O–H groups in total. The summed E-state index contributed by atoms with van der Waals surface area (Å²) in [5.41, 5.74) is 2.12. The topological polar surface area (TPSA) is 44.9 Å². The predicted octanol–water partition coefficient (Wildman–Crippen LogP) is 4.07. The van der Waals surface area contributed by atoms with Gasteiger partial charge in [-0.05, 0) is 43.5 Å². The third kappa shape index (κ3) is 2.94. The molecule has 1 aliphatic carbocycles. The molecule has 3 rings (SSSR count). The lowest BCUT2D eigenvalue weighted by molar-refractivity contribution is 0.0928. The fourth-order valence-electron chi connectivity index (χ4n) is 3.22. The first-order valence-corrected chi connectivity index (χ1v) is 7.74. The van der Waals surface area contributed by atoms with Crippen LogP contribution in [0.4, 0.5) is 4.39 Å². The van der Waals surface area contributed by atoms with Gasteiger partial charge in [-0.15, -0.1) is 0 Å². The number of carbonyl (C=O) groups excluding carboxylic acids is 1. The van der Waals surface area contributed by atoms with Gasteiger partial charge in [-0.1, -0.05) is 25.7 Å². The molecule has 1 amide bonds. The summed E-state index contributed by atoms with van der Waals surface area (Å²) >= 11 is 0. The van der Waals surface area contributed by atoms with Crippen molar-refractivity contribution < 1.29 is 9.18 Å². The fourth-order valence-corrected chi connectivity index (χ4v) is 3.22. The molecule has 0 bridgehead atoms. The number of halogens is 1. The maximum atomic E-state index is 13.3. The minimum Gasteiger partial charge on any atom is -0.350 e. The van der Waals surface area contributed by atoms with E-state index in [-0.39, 0.29) is 17.8 Å². The summed E-state index contributed by atoms with van der Waals surface area (Å²) in [7, 11) is 0. The van der Waals surface area contributed by atoms with Crippen molar-refractivity contribution in [2.24, 2.45) is 0 Å². The Balaban J connectivity index is 1.82. The molecule has 2 aromatic rings. The van der Waals surface area contributed by atoms with Gasteiger partial charge in [0.25, 0.3) is 5.91 Å². The lowest BCUT2D eigenvalue weighted by atomic mass is 10.1. The van der Waals surface area contributed by atoms with E-state index in [1.165, 1.54) is 37.8 Å². The van der Waals surface area contributed by atoms with Crippen LogP contribution in [0.1, 0.15) is 54.6 Å². The van der Waals surface area contributed by atoms with Crippen LogP contribution < -0.4 is 5.32 Å². The second-order valence-electron chi connectivity index (χ2n) is 5.98. The normalized spacial score (nSPS) is 16.9. The van der Waals surface area contributed by atoms with Crippen molar-refractivity contribution in [1.29, 1.82) is 0 Å². The molecule has 0 unspecified atom stereocenters. The number of hydrogen-bond acceptors (Lipinski definition) is 1. The quantitative estimate of drug-likeness (QED) is 0.804. The smallest absolute Gasteiger partial charge is 0.268 e.